The number of nitrogens with one attached hydrogen (secondary N) is 2. The highest BCUT2D eigenvalue weighted by Crippen LogP contribution is 2.35. The van der Waals surface area contributed by atoms with Crippen LogP contribution in [-0.2, 0) is 14.3 Å². The lowest BCUT2D eigenvalue weighted by Gasteiger charge is -2.32. The Morgan fingerprint density at radius 2 is 1.72 bits per heavy atom. The SMILES string of the molecule is Cc1ccc(C(C(=O)NC(C)C)N(C(=O)CNC(=O)OC(C)(C)C)C2CC2)cc1. The van der Waals surface area contributed by atoms with Crippen molar-refractivity contribution in [3.8, 4) is 0 Å². The normalized spacial score (nSPS) is 14.9. The average Bonchev–Trinajstić information content (AvgIpc) is 3.41. The highest BCUT2D eigenvalue weighted by atomic mass is 16.6. The van der Waals surface area contributed by atoms with Gasteiger partial charge in [0.05, 0.1) is 0 Å². The maximum absolute atomic E-state index is 13.0. The molecule has 3 amide bonds. The van der Waals surface area contributed by atoms with Crippen LogP contribution in [0.15, 0.2) is 24.3 Å². The summed E-state index contributed by atoms with van der Waals surface area (Å²) < 4.78 is 5.20. The molecule has 0 aromatic heterocycles. The number of alkyl carbamates (subject to hydrolysis) is 1. The van der Waals surface area contributed by atoms with Crippen LogP contribution in [0.1, 0.15) is 64.6 Å². The molecule has 7 heteroatoms. The Hall–Kier alpha value is -2.57. The minimum absolute atomic E-state index is 0.00727. The molecule has 0 heterocycles. The fraction of sp³-hybridized carbons (Fsp3) is 0.591. The summed E-state index contributed by atoms with van der Waals surface area (Å²) >= 11 is 0. The number of amides is 3. The number of nitrogens with zero attached hydrogens (tertiary/aromatic N) is 1. The predicted octanol–water partition coefficient (Wildman–Crippen LogP) is 3.08. The summed E-state index contributed by atoms with van der Waals surface area (Å²) in [6.45, 7) is 10.8. The molecule has 0 bridgehead atoms. The zero-order valence-corrected chi connectivity index (χ0v) is 18.2. The van der Waals surface area contributed by atoms with Crippen LogP contribution in [-0.4, -0.2) is 47.0 Å². The van der Waals surface area contributed by atoms with Gasteiger partial charge in [-0.05, 0) is 59.9 Å². The Kier molecular flexibility index (Phi) is 7.27. The first-order valence-corrected chi connectivity index (χ1v) is 10.1. The molecule has 0 aliphatic heterocycles. The number of rotatable bonds is 7. The second-order valence-electron chi connectivity index (χ2n) is 8.86. The van der Waals surface area contributed by atoms with Crippen LogP contribution in [0.5, 0.6) is 0 Å². The van der Waals surface area contributed by atoms with Crippen molar-refractivity contribution in [2.45, 2.75) is 78.1 Å². The fourth-order valence-corrected chi connectivity index (χ4v) is 3.01. The van der Waals surface area contributed by atoms with Gasteiger partial charge in [-0.1, -0.05) is 29.8 Å². The van der Waals surface area contributed by atoms with E-state index < -0.39 is 17.7 Å². The van der Waals surface area contributed by atoms with Gasteiger partial charge in [0.1, 0.15) is 18.2 Å². The van der Waals surface area contributed by atoms with Crippen molar-refractivity contribution < 1.29 is 19.1 Å². The molecule has 0 saturated heterocycles. The summed E-state index contributed by atoms with van der Waals surface area (Å²) in [6.07, 6.45) is 1.03. The Labute approximate surface area is 173 Å². The van der Waals surface area contributed by atoms with Crippen LogP contribution < -0.4 is 10.6 Å². The summed E-state index contributed by atoms with van der Waals surface area (Å²) in [5.41, 5.74) is 1.18. The number of ether oxygens (including phenoxy) is 1. The van der Waals surface area contributed by atoms with Gasteiger partial charge < -0.3 is 20.3 Å². The van der Waals surface area contributed by atoms with Crippen LogP contribution in [0.4, 0.5) is 4.79 Å². The molecule has 1 aromatic rings. The van der Waals surface area contributed by atoms with Crippen LogP contribution in [0.3, 0.4) is 0 Å². The van der Waals surface area contributed by atoms with Gasteiger partial charge in [-0.15, -0.1) is 0 Å². The first-order chi connectivity index (χ1) is 13.5. The molecule has 29 heavy (non-hydrogen) atoms. The van der Waals surface area contributed by atoms with Crippen molar-refractivity contribution in [3.63, 3.8) is 0 Å². The Balaban J connectivity index is 2.22. The first kappa shape index (κ1) is 22.7. The Morgan fingerprint density at radius 1 is 1.14 bits per heavy atom. The molecule has 160 valence electrons. The second kappa shape index (κ2) is 9.29. The van der Waals surface area contributed by atoms with Crippen molar-refractivity contribution in [1.29, 1.82) is 0 Å². The van der Waals surface area contributed by atoms with Gasteiger partial charge in [0.15, 0.2) is 0 Å². The molecule has 1 unspecified atom stereocenters. The lowest BCUT2D eigenvalue weighted by Crippen LogP contribution is -2.49. The summed E-state index contributed by atoms with van der Waals surface area (Å²) in [6, 6.07) is 6.82. The van der Waals surface area contributed by atoms with Crippen LogP contribution in [0.2, 0.25) is 0 Å². The zero-order chi connectivity index (χ0) is 21.8. The van der Waals surface area contributed by atoms with E-state index >= 15 is 0 Å². The van der Waals surface area contributed by atoms with Crippen LogP contribution in [0, 0.1) is 6.92 Å². The van der Waals surface area contributed by atoms with E-state index in [-0.39, 0.29) is 30.4 Å². The first-order valence-electron chi connectivity index (χ1n) is 10.1. The number of carbonyl (C=O) groups is 3. The van der Waals surface area contributed by atoms with Gasteiger partial charge >= 0.3 is 6.09 Å². The average molecular weight is 404 g/mol. The molecule has 1 saturated carbocycles. The van der Waals surface area contributed by atoms with Crippen molar-refractivity contribution in [3.05, 3.63) is 35.4 Å². The molecule has 0 spiro atoms. The summed E-state index contributed by atoms with van der Waals surface area (Å²) in [5.74, 6) is -0.524. The highest BCUT2D eigenvalue weighted by Gasteiger charge is 2.41. The maximum atomic E-state index is 13.0. The van der Waals surface area contributed by atoms with E-state index in [1.54, 1.807) is 25.7 Å². The van der Waals surface area contributed by atoms with Crippen molar-refractivity contribution in [2.75, 3.05) is 6.54 Å². The van der Waals surface area contributed by atoms with E-state index in [9.17, 15) is 14.4 Å². The summed E-state index contributed by atoms with van der Waals surface area (Å²) in [4.78, 5) is 39.6. The third-order valence-corrected chi connectivity index (χ3v) is 4.36. The number of carbonyl (C=O) groups excluding carboxylic acids is 3. The largest absolute Gasteiger partial charge is 0.444 e. The van der Waals surface area contributed by atoms with Gasteiger partial charge in [0, 0.05) is 12.1 Å². The van der Waals surface area contributed by atoms with Gasteiger partial charge in [0.2, 0.25) is 11.8 Å². The van der Waals surface area contributed by atoms with E-state index in [2.05, 4.69) is 10.6 Å². The summed E-state index contributed by atoms with van der Waals surface area (Å²) in [7, 11) is 0. The molecule has 0 radical (unpaired) electrons. The molecule has 7 nitrogen and oxygen atoms in total. The summed E-state index contributed by atoms with van der Waals surface area (Å²) in [5, 5.41) is 5.44. The topological polar surface area (TPSA) is 87.7 Å². The third kappa shape index (κ3) is 7.07. The third-order valence-electron chi connectivity index (χ3n) is 4.36. The van der Waals surface area contributed by atoms with Crippen LogP contribution in [0.25, 0.3) is 0 Å². The highest BCUT2D eigenvalue weighted by molar-refractivity contribution is 5.91. The number of aryl methyl sites for hydroxylation is 1. The number of hydrogen-bond donors (Lipinski definition) is 2. The van der Waals surface area contributed by atoms with Crippen molar-refractivity contribution in [2.24, 2.45) is 0 Å². The van der Waals surface area contributed by atoms with Crippen molar-refractivity contribution in [1.82, 2.24) is 15.5 Å². The molecule has 1 aromatic carbocycles. The smallest absolute Gasteiger partial charge is 0.408 e. The van der Waals surface area contributed by atoms with E-state index in [0.717, 1.165) is 24.0 Å². The quantitative estimate of drug-likeness (QED) is 0.732. The molecule has 2 N–H and O–H groups in total. The monoisotopic (exact) mass is 403 g/mol. The van der Waals surface area contributed by atoms with Gasteiger partial charge in [-0.25, -0.2) is 4.79 Å². The minimum atomic E-state index is -0.738. The molecule has 1 atom stereocenters. The Bertz CT molecular complexity index is 733. The van der Waals surface area contributed by atoms with Crippen molar-refractivity contribution >= 4 is 17.9 Å². The molecule has 2 rings (SSSR count). The zero-order valence-electron chi connectivity index (χ0n) is 18.2. The molecule has 1 aliphatic carbocycles. The molecular formula is C22H33N3O4. The van der Waals surface area contributed by atoms with Crippen LogP contribution >= 0.6 is 0 Å². The van der Waals surface area contributed by atoms with Gasteiger partial charge in [0.25, 0.3) is 0 Å². The van der Waals surface area contributed by atoms with Gasteiger partial charge in [-0.2, -0.15) is 0 Å². The standard InChI is InChI=1S/C22H33N3O4/c1-14(2)24-20(27)19(16-9-7-15(3)8-10-16)25(17-11-12-17)18(26)13-23-21(28)29-22(4,5)6/h7-10,14,17,19H,11-13H2,1-6H3,(H,23,28)(H,24,27). The van der Waals surface area contributed by atoms with E-state index in [4.69, 9.17) is 4.74 Å². The number of hydrogen-bond acceptors (Lipinski definition) is 4. The lowest BCUT2D eigenvalue weighted by atomic mass is 10.0. The number of benzene rings is 1. The van der Waals surface area contributed by atoms with Gasteiger partial charge in [-0.3, -0.25) is 9.59 Å². The lowest BCUT2D eigenvalue weighted by molar-refractivity contribution is -0.141. The fourth-order valence-electron chi connectivity index (χ4n) is 3.01. The molecule has 1 fully saturated rings. The predicted molar refractivity (Wildman–Crippen MR) is 111 cm³/mol. The molecular weight excluding hydrogens is 370 g/mol. The minimum Gasteiger partial charge on any atom is -0.444 e. The maximum Gasteiger partial charge on any atom is 0.408 e. The second-order valence-corrected chi connectivity index (χ2v) is 8.86. The van der Waals surface area contributed by atoms with E-state index in [1.807, 2.05) is 45.0 Å². The Morgan fingerprint density at radius 3 is 2.21 bits per heavy atom. The van der Waals surface area contributed by atoms with E-state index in [0.29, 0.717) is 0 Å². The molecule has 1 aliphatic rings. The van der Waals surface area contributed by atoms with E-state index in [1.165, 1.54) is 0 Å².